The van der Waals surface area contributed by atoms with Crippen LogP contribution in [0.1, 0.15) is 18.0 Å². The van der Waals surface area contributed by atoms with Crippen LogP contribution < -0.4 is 5.32 Å². The summed E-state index contributed by atoms with van der Waals surface area (Å²) in [6.07, 6.45) is 1.59. The van der Waals surface area contributed by atoms with E-state index in [0.717, 1.165) is 0 Å². The van der Waals surface area contributed by atoms with Crippen molar-refractivity contribution in [1.29, 1.82) is 0 Å². The summed E-state index contributed by atoms with van der Waals surface area (Å²) < 4.78 is 23.7. The molecular weight excluding hydrogens is 238 g/mol. The number of carbonyl (C=O) groups excluding carboxylic acids is 1. The van der Waals surface area contributed by atoms with Crippen molar-refractivity contribution in [3.8, 4) is 0 Å². The van der Waals surface area contributed by atoms with E-state index >= 15 is 0 Å². The fourth-order valence-electron chi connectivity index (χ4n) is 1.97. The largest absolute Gasteiger partial charge is 0.346 e. The molecule has 0 fully saturated rings. The maximum atomic E-state index is 11.8. The number of benzene rings is 1. The molecule has 90 valence electrons. The van der Waals surface area contributed by atoms with Gasteiger partial charge in [-0.05, 0) is 24.1 Å². The maximum absolute atomic E-state index is 11.8. The highest BCUT2D eigenvalue weighted by Crippen LogP contribution is 2.31. The van der Waals surface area contributed by atoms with Crippen molar-refractivity contribution in [2.45, 2.75) is 17.4 Å². The third kappa shape index (κ3) is 2.24. The molecule has 1 aliphatic rings. The lowest BCUT2D eigenvalue weighted by Crippen LogP contribution is -2.32. The van der Waals surface area contributed by atoms with Crippen LogP contribution in [-0.2, 0) is 14.6 Å². The molecule has 17 heavy (non-hydrogen) atoms. The molecule has 0 aliphatic carbocycles. The molecule has 0 aromatic heterocycles. The molecule has 2 rings (SSSR count). The second-order valence-corrected chi connectivity index (χ2v) is 5.99. The van der Waals surface area contributed by atoms with Crippen molar-refractivity contribution in [3.05, 3.63) is 42.5 Å². The van der Waals surface area contributed by atoms with Crippen molar-refractivity contribution >= 4 is 15.7 Å². The smallest absolute Gasteiger partial charge is 0.243 e. The number of amides is 1. The first kappa shape index (κ1) is 11.9. The van der Waals surface area contributed by atoms with Gasteiger partial charge in [-0.15, -0.1) is 0 Å². The fourth-order valence-corrected chi connectivity index (χ4v) is 3.59. The molecule has 0 saturated carbocycles. The third-order valence-electron chi connectivity index (χ3n) is 2.81. The molecule has 1 aliphatic heterocycles. The van der Waals surface area contributed by atoms with Gasteiger partial charge in [-0.25, -0.2) is 8.42 Å². The van der Waals surface area contributed by atoms with Crippen LogP contribution in [0.3, 0.4) is 0 Å². The van der Waals surface area contributed by atoms with Gasteiger partial charge in [0.05, 0.1) is 16.7 Å². The highest BCUT2D eigenvalue weighted by atomic mass is 32.2. The second kappa shape index (κ2) is 4.33. The van der Waals surface area contributed by atoms with Crippen molar-refractivity contribution in [3.63, 3.8) is 0 Å². The molecule has 0 radical (unpaired) electrons. The Morgan fingerprint density at radius 1 is 1.41 bits per heavy atom. The number of hydrogen-bond donors (Lipinski definition) is 1. The van der Waals surface area contributed by atoms with Crippen molar-refractivity contribution < 1.29 is 13.2 Å². The molecule has 5 heteroatoms. The molecule has 1 atom stereocenters. The lowest BCUT2D eigenvalue weighted by atomic mass is 10.0. The fraction of sp³-hybridized carbons (Fsp3) is 0.250. The van der Waals surface area contributed by atoms with E-state index in [1.807, 2.05) is 0 Å². The lowest BCUT2D eigenvalue weighted by Gasteiger charge is -2.25. The van der Waals surface area contributed by atoms with Crippen LogP contribution in [0.4, 0.5) is 0 Å². The monoisotopic (exact) mass is 251 g/mol. The molecule has 4 nitrogen and oxygen atoms in total. The highest BCUT2D eigenvalue weighted by molar-refractivity contribution is 7.91. The molecule has 1 aromatic carbocycles. The Hall–Kier alpha value is -1.62. The molecule has 1 N–H and O–H groups in total. The predicted octanol–water partition coefficient (Wildman–Crippen LogP) is 1.21. The normalized spacial score (nSPS) is 21.3. The zero-order valence-corrected chi connectivity index (χ0v) is 10.0. The van der Waals surface area contributed by atoms with E-state index in [-0.39, 0.29) is 17.7 Å². The van der Waals surface area contributed by atoms with Gasteiger partial charge in [-0.3, -0.25) is 4.79 Å². The van der Waals surface area contributed by atoms with Gasteiger partial charge in [0.15, 0.2) is 9.84 Å². The second-order valence-electron chi connectivity index (χ2n) is 3.91. The SMILES string of the molecule is C=CC(=O)NC1CCS(=O)(=O)c2ccccc21. The minimum Gasteiger partial charge on any atom is -0.346 e. The number of nitrogens with one attached hydrogen (secondary N) is 1. The molecular formula is C12H13NO3S. The van der Waals surface area contributed by atoms with Crippen LogP contribution in [0.2, 0.25) is 0 Å². The first-order valence-electron chi connectivity index (χ1n) is 5.29. The Morgan fingerprint density at radius 2 is 2.12 bits per heavy atom. The summed E-state index contributed by atoms with van der Waals surface area (Å²) in [5.74, 6) is -0.226. The molecule has 0 bridgehead atoms. The van der Waals surface area contributed by atoms with E-state index in [2.05, 4.69) is 11.9 Å². The summed E-state index contributed by atoms with van der Waals surface area (Å²) >= 11 is 0. The van der Waals surface area contributed by atoms with E-state index in [4.69, 9.17) is 0 Å². The molecule has 1 unspecified atom stereocenters. The van der Waals surface area contributed by atoms with E-state index < -0.39 is 9.84 Å². The average Bonchev–Trinajstić information content (AvgIpc) is 2.33. The number of rotatable bonds is 2. The van der Waals surface area contributed by atoms with Crippen LogP contribution in [0.15, 0.2) is 41.8 Å². The van der Waals surface area contributed by atoms with Crippen molar-refractivity contribution in [2.75, 3.05) is 5.75 Å². The van der Waals surface area contributed by atoms with Gasteiger partial charge < -0.3 is 5.32 Å². The van der Waals surface area contributed by atoms with Crippen LogP contribution in [-0.4, -0.2) is 20.1 Å². The summed E-state index contributed by atoms with van der Waals surface area (Å²) in [5, 5.41) is 2.74. The Morgan fingerprint density at radius 3 is 2.82 bits per heavy atom. The number of sulfone groups is 1. The number of fused-ring (bicyclic) bond motifs is 1. The van der Waals surface area contributed by atoms with E-state index in [1.54, 1.807) is 24.3 Å². The van der Waals surface area contributed by atoms with Crippen LogP contribution in [0.5, 0.6) is 0 Å². The Bertz CT molecular complexity index is 563. The van der Waals surface area contributed by atoms with E-state index in [9.17, 15) is 13.2 Å². The highest BCUT2D eigenvalue weighted by Gasteiger charge is 2.30. The number of carbonyl (C=O) groups is 1. The standard InChI is InChI=1S/C12H13NO3S/c1-2-12(14)13-10-7-8-17(15,16)11-6-4-3-5-9(10)11/h2-6,10H,1,7-8H2,(H,13,14). The summed E-state index contributed by atoms with van der Waals surface area (Å²) in [7, 11) is -3.19. The van der Waals surface area contributed by atoms with Gasteiger partial charge in [0.1, 0.15) is 0 Å². The van der Waals surface area contributed by atoms with Gasteiger partial charge in [-0.1, -0.05) is 24.8 Å². The average molecular weight is 251 g/mol. The minimum atomic E-state index is -3.19. The van der Waals surface area contributed by atoms with Gasteiger partial charge in [-0.2, -0.15) is 0 Å². The zero-order valence-electron chi connectivity index (χ0n) is 9.22. The molecule has 1 aromatic rings. The topological polar surface area (TPSA) is 63.2 Å². The van der Waals surface area contributed by atoms with Gasteiger partial charge in [0.2, 0.25) is 5.91 Å². The number of hydrogen-bond acceptors (Lipinski definition) is 3. The maximum Gasteiger partial charge on any atom is 0.243 e. The van der Waals surface area contributed by atoms with Gasteiger partial charge >= 0.3 is 0 Å². The van der Waals surface area contributed by atoms with Crippen molar-refractivity contribution in [1.82, 2.24) is 5.32 Å². The first-order chi connectivity index (χ1) is 8.04. The van der Waals surface area contributed by atoms with Gasteiger partial charge in [0.25, 0.3) is 0 Å². The first-order valence-corrected chi connectivity index (χ1v) is 6.94. The summed E-state index contributed by atoms with van der Waals surface area (Å²) in [6.45, 7) is 3.38. The third-order valence-corrected chi connectivity index (χ3v) is 4.62. The van der Waals surface area contributed by atoms with E-state index in [1.165, 1.54) is 6.08 Å². The quantitative estimate of drug-likeness (QED) is 0.803. The molecule has 0 saturated heterocycles. The van der Waals surface area contributed by atoms with E-state index in [0.29, 0.717) is 16.9 Å². The van der Waals surface area contributed by atoms with Crippen LogP contribution in [0.25, 0.3) is 0 Å². The van der Waals surface area contributed by atoms with Crippen LogP contribution in [0, 0.1) is 0 Å². The van der Waals surface area contributed by atoms with Crippen molar-refractivity contribution in [2.24, 2.45) is 0 Å². The van der Waals surface area contributed by atoms with Gasteiger partial charge in [0, 0.05) is 0 Å². The Balaban J connectivity index is 2.42. The zero-order chi connectivity index (χ0) is 12.5. The lowest BCUT2D eigenvalue weighted by molar-refractivity contribution is -0.117. The van der Waals surface area contributed by atoms with Crippen LogP contribution >= 0.6 is 0 Å². The Labute approximate surface area is 100 Å². The predicted molar refractivity (Wildman–Crippen MR) is 64.2 cm³/mol. The molecule has 0 spiro atoms. The minimum absolute atomic E-state index is 0.0616. The Kier molecular flexibility index (Phi) is 3.02. The summed E-state index contributed by atoms with van der Waals surface area (Å²) in [4.78, 5) is 11.6. The molecule has 1 amide bonds. The summed E-state index contributed by atoms with van der Waals surface area (Å²) in [6, 6.07) is 6.53. The summed E-state index contributed by atoms with van der Waals surface area (Å²) in [5.41, 5.74) is 0.661. The molecule has 1 heterocycles.